The molecule has 2 rings (SSSR count). The van der Waals surface area contributed by atoms with Gasteiger partial charge in [0.25, 0.3) is 10.1 Å². The van der Waals surface area contributed by atoms with Crippen LogP contribution in [-0.4, -0.2) is 25.5 Å². The number of hydrogen-bond acceptors (Lipinski definition) is 3. The SMILES string of the molecule is O=C(NCCc1ccccc1)Nc1cccc(S(=O)(=O)O)c1. The summed E-state index contributed by atoms with van der Waals surface area (Å²) in [7, 11) is -4.29. The zero-order valence-electron chi connectivity index (χ0n) is 11.7. The molecule has 0 saturated heterocycles. The molecule has 0 atom stereocenters. The number of carbonyl (C=O) groups is 1. The van der Waals surface area contributed by atoms with Crippen molar-refractivity contribution in [1.29, 1.82) is 0 Å². The van der Waals surface area contributed by atoms with E-state index >= 15 is 0 Å². The van der Waals surface area contributed by atoms with Crippen molar-refractivity contribution in [2.24, 2.45) is 0 Å². The van der Waals surface area contributed by atoms with Crippen molar-refractivity contribution >= 4 is 21.8 Å². The van der Waals surface area contributed by atoms with E-state index in [-0.39, 0.29) is 10.6 Å². The number of carbonyl (C=O) groups excluding carboxylic acids is 1. The summed E-state index contributed by atoms with van der Waals surface area (Å²) in [6, 6.07) is 14.7. The molecule has 0 saturated carbocycles. The Morgan fingerprint density at radius 2 is 1.77 bits per heavy atom. The third-order valence-electron chi connectivity index (χ3n) is 2.93. The lowest BCUT2D eigenvalue weighted by Gasteiger charge is -2.08. The lowest BCUT2D eigenvalue weighted by Crippen LogP contribution is -2.30. The van der Waals surface area contributed by atoms with Crippen LogP contribution in [0, 0.1) is 0 Å². The first-order valence-electron chi connectivity index (χ1n) is 6.61. The van der Waals surface area contributed by atoms with Crippen LogP contribution in [0.2, 0.25) is 0 Å². The summed E-state index contributed by atoms with van der Waals surface area (Å²) in [5, 5.41) is 5.19. The van der Waals surface area contributed by atoms with Gasteiger partial charge in [0.2, 0.25) is 0 Å². The maximum absolute atomic E-state index is 11.7. The summed E-state index contributed by atoms with van der Waals surface area (Å²) in [4.78, 5) is 11.5. The molecule has 0 radical (unpaired) electrons. The van der Waals surface area contributed by atoms with E-state index in [9.17, 15) is 13.2 Å². The molecule has 0 spiro atoms. The highest BCUT2D eigenvalue weighted by molar-refractivity contribution is 7.85. The largest absolute Gasteiger partial charge is 0.338 e. The summed E-state index contributed by atoms with van der Waals surface area (Å²) in [6.45, 7) is 0.452. The average molecular weight is 320 g/mol. The van der Waals surface area contributed by atoms with Crippen molar-refractivity contribution in [3.05, 3.63) is 60.2 Å². The summed E-state index contributed by atoms with van der Waals surface area (Å²) < 4.78 is 31.0. The molecule has 0 aliphatic rings. The van der Waals surface area contributed by atoms with E-state index in [1.54, 1.807) is 0 Å². The van der Waals surface area contributed by atoms with E-state index in [4.69, 9.17) is 4.55 Å². The number of rotatable bonds is 5. The van der Waals surface area contributed by atoms with Gasteiger partial charge in [-0.05, 0) is 30.2 Å². The number of nitrogens with one attached hydrogen (secondary N) is 2. The highest BCUT2D eigenvalue weighted by Crippen LogP contribution is 2.14. The molecule has 2 aromatic carbocycles. The van der Waals surface area contributed by atoms with Crippen LogP contribution in [0.25, 0.3) is 0 Å². The maximum atomic E-state index is 11.7. The minimum Gasteiger partial charge on any atom is -0.338 e. The van der Waals surface area contributed by atoms with Crippen molar-refractivity contribution < 1.29 is 17.8 Å². The second-order valence-corrected chi connectivity index (χ2v) is 6.04. The zero-order chi connectivity index (χ0) is 16.0. The zero-order valence-corrected chi connectivity index (χ0v) is 12.5. The van der Waals surface area contributed by atoms with Gasteiger partial charge in [-0.2, -0.15) is 8.42 Å². The molecule has 2 amide bonds. The molecule has 0 heterocycles. The molecule has 0 unspecified atom stereocenters. The number of amides is 2. The summed E-state index contributed by atoms with van der Waals surface area (Å²) in [6.07, 6.45) is 0.694. The molecular weight excluding hydrogens is 304 g/mol. The van der Waals surface area contributed by atoms with Crippen LogP contribution in [-0.2, 0) is 16.5 Å². The number of urea groups is 1. The Morgan fingerprint density at radius 1 is 1.05 bits per heavy atom. The molecular formula is C15H16N2O4S. The van der Waals surface area contributed by atoms with Gasteiger partial charge in [-0.25, -0.2) is 4.79 Å². The van der Waals surface area contributed by atoms with Crippen LogP contribution in [0.15, 0.2) is 59.5 Å². The van der Waals surface area contributed by atoms with Gasteiger partial charge in [0.1, 0.15) is 0 Å². The van der Waals surface area contributed by atoms with Crippen LogP contribution in [0.3, 0.4) is 0 Å². The van der Waals surface area contributed by atoms with Crippen molar-refractivity contribution in [2.75, 3.05) is 11.9 Å². The Morgan fingerprint density at radius 3 is 2.45 bits per heavy atom. The summed E-state index contributed by atoms with van der Waals surface area (Å²) >= 11 is 0. The van der Waals surface area contributed by atoms with Gasteiger partial charge in [0, 0.05) is 12.2 Å². The Bertz CT molecular complexity index is 745. The van der Waals surface area contributed by atoms with Crippen molar-refractivity contribution in [3.8, 4) is 0 Å². The van der Waals surface area contributed by atoms with Crippen LogP contribution in [0.5, 0.6) is 0 Å². The smallest absolute Gasteiger partial charge is 0.319 e. The number of benzene rings is 2. The molecule has 6 nitrogen and oxygen atoms in total. The van der Waals surface area contributed by atoms with E-state index in [1.165, 1.54) is 24.3 Å². The average Bonchev–Trinajstić information content (AvgIpc) is 2.48. The fraction of sp³-hybridized carbons (Fsp3) is 0.133. The van der Waals surface area contributed by atoms with E-state index in [0.717, 1.165) is 5.56 Å². The standard InChI is InChI=1S/C15H16N2O4S/c18-15(16-10-9-12-5-2-1-3-6-12)17-13-7-4-8-14(11-13)22(19,20)21/h1-8,11H,9-10H2,(H2,16,17,18)(H,19,20,21). The highest BCUT2D eigenvalue weighted by Gasteiger charge is 2.10. The highest BCUT2D eigenvalue weighted by atomic mass is 32.2. The van der Waals surface area contributed by atoms with Gasteiger partial charge in [-0.3, -0.25) is 4.55 Å². The quantitative estimate of drug-likeness (QED) is 0.737. The molecule has 0 fully saturated rings. The number of anilines is 1. The van der Waals surface area contributed by atoms with Crippen LogP contribution in [0.1, 0.15) is 5.56 Å². The van der Waals surface area contributed by atoms with Gasteiger partial charge >= 0.3 is 6.03 Å². The predicted molar refractivity (Wildman–Crippen MR) is 83.4 cm³/mol. The second-order valence-electron chi connectivity index (χ2n) is 4.62. The third-order valence-corrected chi connectivity index (χ3v) is 3.78. The van der Waals surface area contributed by atoms with E-state index in [2.05, 4.69) is 10.6 Å². The lowest BCUT2D eigenvalue weighted by molar-refractivity contribution is 0.252. The minimum absolute atomic E-state index is 0.269. The minimum atomic E-state index is -4.29. The van der Waals surface area contributed by atoms with Crippen LogP contribution >= 0.6 is 0 Å². The van der Waals surface area contributed by atoms with Crippen molar-refractivity contribution in [1.82, 2.24) is 5.32 Å². The fourth-order valence-corrected chi connectivity index (χ4v) is 2.40. The monoisotopic (exact) mass is 320 g/mol. The molecule has 0 bridgehead atoms. The van der Waals surface area contributed by atoms with E-state index < -0.39 is 16.1 Å². The van der Waals surface area contributed by atoms with Gasteiger partial charge in [0.05, 0.1) is 4.90 Å². The predicted octanol–water partition coefficient (Wildman–Crippen LogP) is 2.30. The Hall–Kier alpha value is -2.38. The van der Waals surface area contributed by atoms with Crippen molar-refractivity contribution in [3.63, 3.8) is 0 Å². The van der Waals surface area contributed by atoms with Gasteiger partial charge in [-0.15, -0.1) is 0 Å². The van der Waals surface area contributed by atoms with Crippen molar-refractivity contribution in [2.45, 2.75) is 11.3 Å². The van der Waals surface area contributed by atoms with E-state index in [0.29, 0.717) is 13.0 Å². The second kappa shape index (κ2) is 7.06. The Balaban J connectivity index is 1.87. The molecule has 7 heteroatoms. The first-order chi connectivity index (χ1) is 10.4. The summed E-state index contributed by atoms with van der Waals surface area (Å²) in [5.74, 6) is 0. The first kappa shape index (κ1) is 16.0. The molecule has 3 N–H and O–H groups in total. The number of hydrogen-bond donors (Lipinski definition) is 3. The Kier molecular flexibility index (Phi) is 5.13. The topological polar surface area (TPSA) is 95.5 Å². The summed E-state index contributed by atoms with van der Waals surface area (Å²) in [5.41, 5.74) is 1.39. The van der Waals surface area contributed by atoms with Crippen LogP contribution in [0.4, 0.5) is 10.5 Å². The van der Waals surface area contributed by atoms with Gasteiger partial charge in [0.15, 0.2) is 0 Å². The molecule has 2 aromatic rings. The molecule has 0 aliphatic carbocycles. The Labute approximate surface area is 128 Å². The first-order valence-corrected chi connectivity index (χ1v) is 8.05. The molecule has 0 aromatic heterocycles. The molecule has 22 heavy (non-hydrogen) atoms. The van der Waals surface area contributed by atoms with Gasteiger partial charge in [-0.1, -0.05) is 36.4 Å². The maximum Gasteiger partial charge on any atom is 0.319 e. The molecule has 0 aliphatic heterocycles. The van der Waals surface area contributed by atoms with Crippen LogP contribution < -0.4 is 10.6 Å². The normalized spacial score (nSPS) is 11.0. The molecule has 116 valence electrons. The van der Waals surface area contributed by atoms with E-state index in [1.807, 2.05) is 30.3 Å². The van der Waals surface area contributed by atoms with Gasteiger partial charge < -0.3 is 10.6 Å². The fourth-order valence-electron chi connectivity index (χ4n) is 1.87. The third kappa shape index (κ3) is 4.87. The lowest BCUT2D eigenvalue weighted by atomic mass is 10.1.